The van der Waals surface area contributed by atoms with Crippen molar-refractivity contribution < 1.29 is 9.53 Å². The predicted octanol–water partition coefficient (Wildman–Crippen LogP) is 4.88. The Kier molecular flexibility index (Phi) is 6.22. The van der Waals surface area contributed by atoms with E-state index in [0.717, 1.165) is 29.2 Å². The SMILES string of the molecule is CCC(C)Nc1cc(-c2ccccc2)nc(Nc2ccc(C(=O)OC)cc2)n1. The van der Waals surface area contributed by atoms with Gasteiger partial charge in [0, 0.05) is 23.4 Å². The molecule has 144 valence electrons. The van der Waals surface area contributed by atoms with E-state index in [4.69, 9.17) is 4.74 Å². The van der Waals surface area contributed by atoms with Gasteiger partial charge in [-0.2, -0.15) is 4.98 Å². The summed E-state index contributed by atoms with van der Waals surface area (Å²) in [4.78, 5) is 20.8. The van der Waals surface area contributed by atoms with Gasteiger partial charge in [0.1, 0.15) is 5.82 Å². The van der Waals surface area contributed by atoms with Crippen molar-refractivity contribution in [3.8, 4) is 11.3 Å². The number of hydrogen-bond acceptors (Lipinski definition) is 6. The molecule has 0 fully saturated rings. The Balaban J connectivity index is 1.90. The van der Waals surface area contributed by atoms with E-state index in [1.165, 1.54) is 7.11 Å². The molecule has 0 aliphatic rings. The van der Waals surface area contributed by atoms with Crippen molar-refractivity contribution in [2.75, 3.05) is 17.7 Å². The van der Waals surface area contributed by atoms with Crippen molar-refractivity contribution in [3.63, 3.8) is 0 Å². The zero-order valence-corrected chi connectivity index (χ0v) is 16.3. The lowest BCUT2D eigenvalue weighted by Gasteiger charge is -2.15. The minimum atomic E-state index is -0.367. The van der Waals surface area contributed by atoms with Crippen LogP contribution in [0.25, 0.3) is 11.3 Å². The smallest absolute Gasteiger partial charge is 0.337 e. The first kappa shape index (κ1) is 19.4. The third-order valence-corrected chi connectivity index (χ3v) is 4.36. The van der Waals surface area contributed by atoms with Crippen LogP contribution in [0.5, 0.6) is 0 Å². The van der Waals surface area contributed by atoms with Gasteiger partial charge in [0.15, 0.2) is 0 Å². The van der Waals surface area contributed by atoms with Crippen LogP contribution in [0.4, 0.5) is 17.5 Å². The largest absolute Gasteiger partial charge is 0.465 e. The van der Waals surface area contributed by atoms with Crippen LogP contribution in [0.2, 0.25) is 0 Å². The van der Waals surface area contributed by atoms with Crippen LogP contribution < -0.4 is 10.6 Å². The molecular weight excluding hydrogens is 352 g/mol. The van der Waals surface area contributed by atoms with Crippen molar-refractivity contribution in [1.82, 2.24) is 9.97 Å². The molecule has 0 amide bonds. The summed E-state index contributed by atoms with van der Waals surface area (Å²) in [5, 5.41) is 6.62. The number of methoxy groups -OCH3 is 1. The van der Waals surface area contributed by atoms with E-state index in [-0.39, 0.29) is 5.97 Å². The Morgan fingerprint density at radius 3 is 2.43 bits per heavy atom. The molecule has 0 radical (unpaired) electrons. The van der Waals surface area contributed by atoms with Gasteiger partial charge in [-0.15, -0.1) is 0 Å². The van der Waals surface area contributed by atoms with Gasteiger partial charge in [-0.05, 0) is 37.6 Å². The van der Waals surface area contributed by atoms with E-state index >= 15 is 0 Å². The summed E-state index contributed by atoms with van der Waals surface area (Å²) in [5.74, 6) is 0.878. The van der Waals surface area contributed by atoms with E-state index < -0.39 is 0 Å². The van der Waals surface area contributed by atoms with Gasteiger partial charge in [-0.25, -0.2) is 9.78 Å². The van der Waals surface area contributed by atoms with Crippen molar-refractivity contribution in [3.05, 3.63) is 66.2 Å². The first-order valence-corrected chi connectivity index (χ1v) is 9.25. The third kappa shape index (κ3) is 4.85. The van der Waals surface area contributed by atoms with E-state index in [2.05, 4.69) is 34.4 Å². The summed E-state index contributed by atoms with van der Waals surface area (Å²) < 4.78 is 4.73. The van der Waals surface area contributed by atoms with Crippen molar-refractivity contribution in [2.24, 2.45) is 0 Å². The lowest BCUT2D eigenvalue weighted by Crippen LogP contribution is -2.15. The number of nitrogens with zero attached hydrogens (tertiary/aromatic N) is 2. The lowest BCUT2D eigenvalue weighted by atomic mass is 10.1. The quantitative estimate of drug-likeness (QED) is 0.572. The summed E-state index contributed by atoms with van der Waals surface area (Å²) in [6, 6.07) is 19.2. The second-order valence-electron chi connectivity index (χ2n) is 6.48. The van der Waals surface area contributed by atoms with Gasteiger partial charge < -0.3 is 15.4 Å². The van der Waals surface area contributed by atoms with Crippen molar-refractivity contribution in [2.45, 2.75) is 26.3 Å². The number of esters is 1. The number of benzene rings is 2. The molecule has 0 aliphatic carbocycles. The molecule has 0 bridgehead atoms. The van der Waals surface area contributed by atoms with Gasteiger partial charge in [-0.1, -0.05) is 37.3 Å². The van der Waals surface area contributed by atoms with Gasteiger partial charge in [0.25, 0.3) is 0 Å². The maximum Gasteiger partial charge on any atom is 0.337 e. The third-order valence-electron chi connectivity index (χ3n) is 4.36. The average Bonchev–Trinajstić information content (AvgIpc) is 2.74. The first-order chi connectivity index (χ1) is 13.6. The van der Waals surface area contributed by atoms with Gasteiger partial charge in [0.2, 0.25) is 5.95 Å². The molecular formula is C22H24N4O2. The molecule has 3 aromatic rings. The van der Waals surface area contributed by atoms with Crippen molar-refractivity contribution >= 4 is 23.4 Å². The Labute approximate surface area is 165 Å². The number of anilines is 3. The van der Waals surface area contributed by atoms with Crippen LogP contribution in [0, 0.1) is 0 Å². The Hall–Kier alpha value is -3.41. The van der Waals surface area contributed by atoms with Crippen LogP contribution in [-0.4, -0.2) is 29.1 Å². The Bertz CT molecular complexity index is 927. The monoisotopic (exact) mass is 376 g/mol. The fourth-order valence-corrected chi connectivity index (χ4v) is 2.62. The molecule has 1 unspecified atom stereocenters. The maximum absolute atomic E-state index is 11.6. The lowest BCUT2D eigenvalue weighted by molar-refractivity contribution is 0.0601. The summed E-state index contributed by atoms with van der Waals surface area (Å²) >= 11 is 0. The summed E-state index contributed by atoms with van der Waals surface area (Å²) in [6.45, 7) is 4.24. The number of hydrogen-bond donors (Lipinski definition) is 2. The molecule has 2 aromatic carbocycles. The molecule has 0 saturated carbocycles. The van der Waals surface area contributed by atoms with Crippen LogP contribution in [0.15, 0.2) is 60.7 Å². The van der Waals surface area contributed by atoms with Crippen LogP contribution in [0.3, 0.4) is 0 Å². The van der Waals surface area contributed by atoms with E-state index in [9.17, 15) is 4.79 Å². The fraction of sp³-hybridized carbons (Fsp3) is 0.227. The molecule has 1 heterocycles. The molecule has 6 heteroatoms. The molecule has 0 aliphatic heterocycles. The highest BCUT2D eigenvalue weighted by molar-refractivity contribution is 5.89. The summed E-state index contributed by atoms with van der Waals surface area (Å²) in [6.07, 6.45) is 0.989. The van der Waals surface area contributed by atoms with Crippen LogP contribution in [-0.2, 0) is 4.74 Å². The second-order valence-corrected chi connectivity index (χ2v) is 6.48. The number of ether oxygens (including phenoxy) is 1. The molecule has 3 rings (SSSR count). The zero-order valence-electron chi connectivity index (χ0n) is 16.3. The first-order valence-electron chi connectivity index (χ1n) is 9.25. The van der Waals surface area contributed by atoms with Gasteiger partial charge in [-0.3, -0.25) is 0 Å². The van der Waals surface area contributed by atoms with E-state index in [0.29, 0.717) is 17.6 Å². The minimum absolute atomic E-state index is 0.297. The molecule has 6 nitrogen and oxygen atoms in total. The highest BCUT2D eigenvalue weighted by atomic mass is 16.5. The fourth-order valence-electron chi connectivity index (χ4n) is 2.62. The number of nitrogens with one attached hydrogen (secondary N) is 2. The molecule has 2 N–H and O–H groups in total. The maximum atomic E-state index is 11.6. The van der Waals surface area contributed by atoms with E-state index in [1.807, 2.05) is 36.4 Å². The molecule has 0 spiro atoms. The zero-order chi connectivity index (χ0) is 19.9. The molecule has 1 aromatic heterocycles. The predicted molar refractivity (Wildman–Crippen MR) is 112 cm³/mol. The van der Waals surface area contributed by atoms with Gasteiger partial charge >= 0.3 is 5.97 Å². The average molecular weight is 376 g/mol. The summed E-state index contributed by atoms with van der Waals surface area (Å²) in [7, 11) is 1.36. The second kappa shape index (κ2) is 8.99. The van der Waals surface area contributed by atoms with E-state index in [1.54, 1.807) is 24.3 Å². The van der Waals surface area contributed by atoms with Crippen LogP contribution in [0.1, 0.15) is 30.6 Å². The number of carbonyl (C=O) groups is 1. The summed E-state index contributed by atoms with van der Waals surface area (Å²) in [5.41, 5.74) is 3.12. The highest BCUT2D eigenvalue weighted by Gasteiger charge is 2.10. The molecule has 28 heavy (non-hydrogen) atoms. The normalized spacial score (nSPS) is 11.5. The number of rotatable bonds is 7. The van der Waals surface area contributed by atoms with Gasteiger partial charge in [0.05, 0.1) is 18.4 Å². The number of carbonyl (C=O) groups excluding carboxylic acids is 1. The minimum Gasteiger partial charge on any atom is -0.465 e. The van der Waals surface area contributed by atoms with Crippen molar-refractivity contribution in [1.29, 1.82) is 0 Å². The number of aromatic nitrogens is 2. The standard InChI is InChI=1S/C22H24N4O2/c1-4-15(2)23-20-14-19(16-8-6-5-7-9-16)25-22(26-20)24-18-12-10-17(11-13-18)21(27)28-3/h5-15H,4H2,1-3H3,(H2,23,24,25,26). The highest BCUT2D eigenvalue weighted by Crippen LogP contribution is 2.24. The molecule has 0 saturated heterocycles. The van der Waals surface area contributed by atoms with Crippen LogP contribution >= 0.6 is 0 Å². The Morgan fingerprint density at radius 2 is 1.79 bits per heavy atom. The molecule has 1 atom stereocenters. The Morgan fingerprint density at radius 1 is 1.07 bits per heavy atom. The topological polar surface area (TPSA) is 76.1 Å².